The van der Waals surface area contributed by atoms with Crippen molar-refractivity contribution in [2.24, 2.45) is 0 Å². The highest BCUT2D eigenvalue weighted by Gasteiger charge is 1.97. The number of benzene rings is 1. The van der Waals surface area contributed by atoms with Crippen LogP contribution in [0.3, 0.4) is 0 Å². The van der Waals surface area contributed by atoms with Gasteiger partial charge >= 0.3 is 0 Å². The summed E-state index contributed by atoms with van der Waals surface area (Å²) in [6.45, 7) is 5.90. The average molecular weight is 181 g/mol. The van der Waals surface area contributed by atoms with Crippen LogP contribution in [-0.2, 0) is 6.42 Å². The molecule has 0 atom stereocenters. The van der Waals surface area contributed by atoms with Crippen LogP contribution in [0.5, 0.6) is 0 Å². The lowest BCUT2D eigenvalue weighted by Crippen LogP contribution is -1.86. The zero-order valence-corrected chi connectivity index (χ0v) is 8.06. The van der Waals surface area contributed by atoms with Gasteiger partial charge in [-0.3, -0.25) is 0 Å². The van der Waals surface area contributed by atoms with Gasteiger partial charge in [-0.25, -0.2) is 0 Å². The van der Waals surface area contributed by atoms with Gasteiger partial charge in [-0.1, -0.05) is 35.4 Å². The van der Waals surface area contributed by atoms with Crippen LogP contribution < -0.4 is 0 Å². The molecule has 0 saturated heterocycles. The maximum Gasteiger partial charge on any atom is 0.0438 e. The van der Waals surface area contributed by atoms with Crippen molar-refractivity contribution in [1.82, 2.24) is 0 Å². The lowest BCUT2D eigenvalue weighted by atomic mass is 10.1. The summed E-state index contributed by atoms with van der Waals surface area (Å²) in [5, 5.41) is 0.860. The van der Waals surface area contributed by atoms with E-state index in [1.54, 1.807) is 0 Å². The summed E-state index contributed by atoms with van der Waals surface area (Å²) in [7, 11) is 0. The van der Waals surface area contributed by atoms with Crippen molar-refractivity contribution in [2.75, 3.05) is 0 Å². The smallest absolute Gasteiger partial charge is 0.0438 e. The molecule has 1 aromatic rings. The Morgan fingerprint density at radius 3 is 2.67 bits per heavy atom. The molecule has 0 saturated carbocycles. The van der Waals surface area contributed by atoms with Crippen molar-refractivity contribution in [2.45, 2.75) is 19.8 Å². The van der Waals surface area contributed by atoms with Crippen molar-refractivity contribution in [1.29, 1.82) is 0 Å². The molecule has 1 aromatic carbocycles. The van der Waals surface area contributed by atoms with E-state index in [4.69, 9.17) is 11.6 Å². The van der Waals surface area contributed by atoms with E-state index in [0.717, 1.165) is 17.9 Å². The Morgan fingerprint density at radius 2 is 2.08 bits per heavy atom. The predicted octanol–water partition coefficient (Wildman–Crippen LogP) is 3.85. The second-order valence-corrected chi connectivity index (χ2v) is 3.46. The fraction of sp³-hybridized carbons (Fsp3) is 0.273. The Bertz CT molecular complexity index is 276. The molecule has 0 aliphatic heterocycles. The van der Waals surface area contributed by atoms with Crippen LogP contribution in [0.2, 0.25) is 5.02 Å². The second-order valence-electron chi connectivity index (χ2n) is 3.05. The first-order valence-corrected chi connectivity index (χ1v) is 4.45. The van der Waals surface area contributed by atoms with Crippen LogP contribution in [0.4, 0.5) is 0 Å². The van der Waals surface area contributed by atoms with Crippen LogP contribution in [0.15, 0.2) is 36.4 Å². The van der Waals surface area contributed by atoms with E-state index in [1.165, 1.54) is 11.1 Å². The summed E-state index contributed by atoms with van der Waals surface area (Å²) in [4.78, 5) is 0. The highest BCUT2D eigenvalue weighted by atomic mass is 35.5. The Labute approximate surface area is 78.9 Å². The Morgan fingerprint density at radius 1 is 1.42 bits per heavy atom. The van der Waals surface area contributed by atoms with Crippen LogP contribution in [0.1, 0.15) is 18.9 Å². The fourth-order valence-electron chi connectivity index (χ4n) is 1.05. The largest absolute Gasteiger partial charge is 0.100 e. The molecule has 12 heavy (non-hydrogen) atoms. The number of aryl methyl sites for hydroxylation is 1. The Kier molecular flexibility index (Phi) is 3.36. The van der Waals surface area contributed by atoms with Crippen LogP contribution in [0, 0.1) is 0 Å². The summed E-state index contributed by atoms with van der Waals surface area (Å²) >= 11 is 5.98. The van der Waals surface area contributed by atoms with Gasteiger partial charge in [0.25, 0.3) is 0 Å². The fourth-order valence-corrected chi connectivity index (χ4v) is 1.28. The molecule has 0 aromatic heterocycles. The molecule has 0 aliphatic rings. The molecule has 0 spiro atoms. The molecule has 1 heteroatoms. The highest BCUT2D eigenvalue weighted by Crippen LogP contribution is 2.17. The normalized spacial score (nSPS) is 9.83. The highest BCUT2D eigenvalue weighted by molar-refractivity contribution is 6.31. The van der Waals surface area contributed by atoms with E-state index in [2.05, 4.69) is 12.6 Å². The van der Waals surface area contributed by atoms with Gasteiger partial charge in [-0.2, -0.15) is 0 Å². The molecule has 64 valence electrons. The molecule has 0 nitrogen and oxygen atoms in total. The van der Waals surface area contributed by atoms with Crippen molar-refractivity contribution >= 4 is 11.6 Å². The lowest BCUT2D eigenvalue weighted by Gasteiger charge is -2.02. The SMILES string of the molecule is C=C(C)CCc1ccccc1Cl. The van der Waals surface area contributed by atoms with Crippen molar-refractivity contribution in [3.63, 3.8) is 0 Å². The summed E-state index contributed by atoms with van der Waals surface area (Å²) in [6.07, 6.45) is 2.01. The van der Waals surface area contributed by atoms with Gasteiger partial charge < -0.3 is 0 Å². The number of rotatable bonds is 3. The summed E-state index contributed by atoms with van der Waals surface area (Å²) in [5.74, 6) is 0. The average Bonchev–Trinajstić information content (AvgIpc) is 2.03. The Hall–Kier alpha value is -0.750. The van der Waals surface area contributed by atoms with E-state index in [-0.39, 0.29) is 0 Å². The number of allylic oxidation sites excluding steroid dienone is 1. The first-order valence-electron chi connectivity index (χ1n) is 4.08. The van der Waals surface area contributed by atoms with Gasteiger partial charge in [-0.15, -0.1) is 6.58 Å². The minimum absolute atomic E-state index is 0.860. The molecule has 0 bridgehead atoms. The summed E-state index contributed by atoms with van der Waals surface area (Å²) in [6, 6.07) is 7.95. The van der Waals surface area contributed by atoms with Crippen molar-refractivity contribution in [3.8, 4) is 0 Å². The standard InChI is InChI=1S/C11H13Cl/c1-9(2)7-8-10-5-3-4-6-11(10)12/h3-6H,1,7-8H2,2H3. The van der Waals surface area contributed by atoms with Gasteiger partial charge in [0, 0.05) is 5.02 Å². The van der Waals surface area contributed by atoms with E-state index >= 15 is 0 Å². The minimum atomic E-state index is 0.860. The van der Waals surface area contributed by atoms with Crippen molar-refractivity contribution < 1.29 is 0 Å². The first kappa shape index (κ1) is 9.34. The predicted molar refractivity (Wildman–Crippen MR) is 54.6 cm³/mol. The van der Waals surface area contributed by atoms with Crippen LogP contribution in [-0.4, -0.2) is 0 Å². The minimum Gasteiger partial charge on any atom is -0.100 e. The number of hydrogen-bond acceptors (Lipinski definition) is 0. The molecular weight excluding hydrogens is 168 g/mol. The van der Waals surface area contributed by atoms with E-state index in [0.29, 0.717) is 0 Å². The third-order valence-corrected chi connectivity index (χ3v) is 2.15. The second kappa shape index (κ2) is 4.32. The molecule has 0 unspecified atom stereocenters. The van der Waals surface area contributed by atoms with E-state index in [9.17, 15) is 0 Å². The molecule has 1 rings (SSSR count). The molecule has 0 radical (unpaired) electrons. The maximum absolute atomic E-state index is 5.98. The quantitative estimate of drug-likeness (QED) is 0.620. The topological polar surface area (TPSA) is 0 Å². The zero-order chi connectivity index (χ0) is 8.97. The molecule has 0 fully saturated rings. The summed E-state index contributed by atoms with van der Waals surface area (Å²) in [5.41, 5.74) is 2.41. The van der Waals surface area contributed by atoms with Crippen LogP contribution >= 0.6 is 11.6 Å². The molecule has 0 aliphatic carbocycles. The number of halogens is 1. The van der Waals surface area contributed by atoms with Crippen LogP contribution in [0.25, 0.3) is 0 Å². The third kappa shape index (κ3) is 2.71. The van der Waals surface area contributed by atoms with Gasteiger partial charge in [0.15, 0.2) is 0 Å². The molecule has 0 N–H and O–H groups in total. The Balaban J connectivity index is 2.63. The van der Waals surface area contributed by atoms with Gasteiger partial charge in [0.2, 0.25) is 0 Å². The zero-order valence-electron chi connectivity index (χ0n) is 7.31. The maximum atomic E-state index is 5.98. The molecule has 0 heterocycles. The van der Waals surface area contributed by atoms with E-state index < -0.39 is 0 Å². The number of hydrogen-bond donors (Lipinski definition) is 0. The van der Waals surface area contributed by atoms with Gasteiger partial charge in [0.05, 0.1) is 0 Å². The lowest BCUT2D eigenvalue weighted by molar-refractivity contribution is 0.946. The first-order chi connectivity index (χ1) is 5.70. The van der Waals surface area contributed by atoms with Gasteiger partial charge in [-0.05, 0) is 31.4 Å². The molecular formula is C11H13Cl. The third-order valence-electron chi connectivity index (χ3n) is 1.78. The van der Waals surface area contributed by atoms with Gasteiger partial charge in [0.1, 0.15) is 0 Å². The van der Waals surface area contributed by atoms with E-state index in [1.807, 2.05) is 25.1 Å². The monoisotopic (exact) mass is 180 g/mol. The molecule has 0 amide bonds. The van der Waals surface area contributed by atoms with Crippen molar-refractivity contribution in [3.05, 3.63) is 47.0 Å². The summed E-state index contributed by atoms with van der Waals surface area (Å²) < 4.78 is 0.